The highest BCUT2D eigenvalue weighted by Crippen LogP contribution is 2.21. The number of hydrogen-bond donors (Lipinski definition) is 1. The first-order chi connectivity index (χ1) is 9.22. The summed E-state index contributed by atoms with van der Waals surface area (Å²) >= 11 is 0. The maximum Gasteiger partial charge on any atom is 0.140 e. The molecule has 0 saturated carbocycles. The number of nitriles is 1. The van der Waals surface area contributed by atoms with Crippen LogP contribution >= 0.6 is 0 Å². The van der Waals surface area contributed by atoms with Gasteiger partial charge in [-0.1, -0.05) is 17.7 Å². The number of aliphatic hydroxyl groups excluding tert-OH is 1. The molecule has 1 aromatic carbocycles. The van der Waals surface area contributed by atoms with E-state index < -0.39 is 0 Å². The number of ether oxygens (including phenoxy) is 1. The minimum absolute atomic E-state index is 0.0587. The summed E-state index contributed by atoms with van der Waals surface area (Å²) in [5.74, 6) is 0.656. The van der Waals surface area contributed by atoms with Gasteiger partial charge in [0.05, 0.1) is 6.61 Å². The summed E-state index contributed by atoms with van der Waals surface area (Å²) in [5.41, 5.74) is 3.07. The Morgan fingerprint density at radius 3 is 2.89 bits per heavy atom. The zero-order valence-electron chi connectivity index (χ0n) is 10.6. The van der Waals surface area contributed by atoms with E-state index in [0.717, 1.165) is 16.7 Å². The fourth-order valence-electron chi connectivity index (χ4n) is 1.76. The Labute approximate surface area is 111 Å². The van der Waals surface area contributed by atoms with Gasteiger partial charge in [-0.05, 0) is 30.7 Å². The zero-order valence-corrected chi connectivity index (χ0v) is 10.6. The summed E-state index contributed by atoms with van der Waals surface area (Å²) in [4.78, 5) is 3.90. The lowest BCUT2D eigenvalue weighted by molar-refractivity contribution is 0.259. The van der Waals surface area contributed by atoms with E-state index in [9.17, 15) is 5.11 Å². The number of aromatic nitrogens is 1. The van der Waals surface area contributed by atoms with Crippen LogP contribution in [0.15, 0.2) is 36.5 Å². The molecule has 0 unspecified atom stereocenters. The zero-order chi connectivity index (χ0) is 13.7. The van der Waals surface area contributed by atoms with Gasteiger partial charge in [0.1, 0.15) is 24.1 Å². The topological polar surface area (TPSA) is 66.1 Å². The molecular formula is C15H14N2O2. The summed E-state index contributed by atoms with van der Waals surface area (Å²) in [6.45, 7) is 2.25. The second kappa shape index (κ2) is 5.98. The molecule has 0 amide bonds. The van der Waals surface area contributed by atoms with Crippen LogP contribution in [0, 0.1) is 18.3 Å². The standard InChI is InChI=1S/C15H14N2O2/c1-11-2-3-15(13(6-11)9-18)19-10-12-4-5-17-14(7-12)8-16/h2-7,18H,9-10H2,1H3. The van der Waals surface area contributed by atoms with E-state index in [1.54, 1.807) is 18.3 Å². The number of benzene rings is 1. The van der Waals surface area contributed by atoms with Crippen LogP contribution in [0.4, 0.5) is 0 Å². The van der Waals surface area contributed by atoms with Crippen LogP contribution < -0.4 is 4.74 Å². The second-order valence-corrected chi connectivity index (χ2v) is 4.22. The van der Waals surface area contributed by atoms with E-state index in [4.69, 9.17) is 10.00 Å². The Hall–Kier alpha value is -2.38. The molecule has 1 aromatic heterocycles. The first kappa shape index (κ1) is 13.1. The third-order valence-corrected chi connectivity index (χ3v) is 2.72. The van der Waals surface area contributed by atoms with Gasteiger partial charge in [0.25, 0.3) is 0 Å². The fourth-order valence-corrected chi connectivity index (χ4v) is 1.76. The van der Waals surface area contributed by atoms with Crippen LogP contribution in [-0.4, -0.2) is 10.1 Å². The van der Waals surface area contributed by atoms with Crippen molar-refractivity contribution in [2.24, 2.45) is 0 Å². The highest BCUT2D eigenvalue weighted by atomic mass is 16.5. The molecule has 0 radical (unpaired) electrons. The number of nitrogens with zero attached hydrogens (tertiary/aromatic N) is 2. The quantitative estimate of drug-likeness (QED) is 0.909. The van der Waals surface area contributed by atoms with Gasteiger partial charge in [-0.15, -0.1) is 0 Å². The van der Waals surface area contributed by atoms with Gasteiger partial charge >= 0.3 is 0 Å². The van der Waals surface area contributed by atoms with E-state index in [2.05, 4.69) is 4.98 Å². The Morgan fingerprint density at radius 2 is 2.16 bits per heavy atom. The molecule has 2 aromatic rings. The van der Waals surface area contributed by atoms with Gasteiger partial charge < -0.3 is 9.84 Å². The molecule has 96 valence electrons. The third kappa shape index (κ3) is 3.30. The molecule has 0 atom stereocenters. The average Bonchev–Trinajstić information content (AvgIpc) is 2.46. The van der Waals surface area contributed by atoms with Crippen LogP contribution in [0.3, 0.4) is 0 Å². The largest absolute Gasteiger partial charge is 0.489 e. The molecule has 0 saturated heterocycles. The molecule has 0 aliphatic rings. The van der Waals surface area contributed by atoms with Crippen molar-refractivity contribution in [1.82, 2.24) is 4.98 Å². The van der Waals surface area contributed by atoms with Crippen LogP contribution in [0.25, 0.3) is 0 Å². The van der Waals surface area contributed by atoms with E-state index in [1.165, 1.54) is 0 Å². The first-order valence-electron chi connectivity index (χ1n) is 5.91. The number of hydrogen-bond acceptors (Lipinski definition) is 4. The van der Waals surface area contributed by atoms with Crippen LogP contribution in [-0.2, 0) is 13.2 Å². The summed E-state index contributed by atoms with van der Waals surface area (Å²) in [6.07, 6.45) is 1.58. The molecule has 19 heavy (non-hydrogen) atoms. The number of aryl methyl sites for hydroxylation is 1. The maximum atomic E-state index is 9.29. The number of aliphatic hydroxyl groups is 1. The van der Waals surface area contributed by atoms with E-state index in [0.29, 0.717) is 18.1 Å². The van der Waals surface area contributed by atoms with Crippen molar-refractivity contribution < 1.29 is 9.84 Å². The molecule has 0 spiro atoms. The highest BCUT2D eigenvalue weighted by molar-refractivity contribution is 5.36. The molecule has 4 nitrogen and oxygen atoms in total. The first-order valence-corrected chi connectivity index (χ1v) is 5.91. The van der Waals surface area contributed by atoms with Gasteiger partial charge in [-0.3, -0.25) is 0 Å². The minimum atomic E-state index is -0.0587. The van der Waals surface area contributed by atoms with Gasteiger partial charge in [0, 0.05) is 11.8 Å². The van der Waals surface area contributed by atoms with Gasteiger partial charge in [-0.2, -0.15) is 5.26 Å². The molecule has 0 aliphatic carbocycles. The smallest absolute Gasteiger partial charge is 0.140 e. The summed E-state index contributed by atoms with van der Waals surface area (Å²) in [7, 11) is 0. The van der Waals surface area contributed by atoms with Crippen molar-refractivity contribution in [2.45, 2.75) is 20.1 Å². The third-order valence-electron chi connectivity index (χ3n) is 2.72. The van der Waals surface area contributed by atoms with Crippen molar-refractivity contribution in [3.63, 3.8) is 0 Å². The molecule has 2 rings (SSSR count). The predicted octanol–water partition coefficient (Wildman–Crippen LogP) is 2.33. The van der Waals surface area contributed by atoms with E-state index in [-0.39, 0.29) is 6.61 Å². The van der Waals surface area contributed by atoms with Crippen molar-refractivity contribution in [2.75, 3.05) is 0 Å². The van der Waals surface area contributed by atoms with Gasteiger partial charge in [0.15, 0.2) is 0 Å². The van der Waals surface area contributed by atoms with Crippen LogP contribution in [0.2, 0.25) is 0 Å². The van der Waals surface area contributed by atoms with Crippen molar-refractivity contribution >= 4 is 0 Å². The Balaban J connectivity index is 2.12. The molecular weight excluding hydrogens is 240 g/mol. The predicted molar refractivity (Wildman–Crippen MR) is 70.4 cm³/mol. The number of rotatable bonds is 4. The number of pyridine rings is 1. The lowest BCUT2D eigenvalue weighted by atomic mass is 10.1. The maximum absolute atomic E-state index is 9.29. The molecule has 1 N–H and O–H groups in total. The van der Waals surface area contributed by atoms with Gasteiger partial charge in [-0.25, -0.2) is 4.98 Å². The van der Waals surface area contributed by atoms with Crippen molar-refractivity contribution in [3.05, 3.63) is 58.9 Å². The van der Waals surface area contributed by atoms with Crippen molar-refractivity contribution in [1.29, 1.82) is 5.26 Å². The lowest BCUT2D eigenvalue weighted by Gasteiger charge is -2.11. The van der Waals surface area contributed by atoms with Crippen molar-refractivity contribution in [3.8, 4) is 11.8 Å². The Kier molecular flexibility index (Phi) is 4.11. The molecule has 4 heteroatoms. The van der Waals surface area contributed by atoms with E-state index in [1.807, 2.05) is 31.2 Å². The monoisotopic (exact) mass is 254 g/mol. The SMILES string of the molecule is Cc1ccc(OCc2ccnc(C#N)c2)c(CO)c1. The Morgan fingerprint density at radius 1 is 1.32 bits per heavy atom. The average molecular weight is 254 g/mol. The fraction of sp³-hybridized carbons (Fsp3) is 0.200. The molecule has 0 aliphatic heterocycles. The minimum Gasteiger partial charge on any atom is -0.489 e. The van der Waals surface area contributed by atoms with Crippen LogP contribution in [0.1, 0.15) is 22.4 Å². The molecule has 1 heterocycles. The normalized spacial score (nSPS) is 9.95. The summed E-state index contributed by atoms with van der Waals surface area (Å²) in [5, 5.41) is 18.1. The highest BCUT2D eigenvalue weighted by Gasteiger charge is 2.04. The molecule has 0 bridgehead atoms. The summed E-state index contributed by atoms with van der Waals surface area (Å²) in [6, 6.07) is 11.1. The summed E-state index contributed by atoms with van der Waals surface area (Å²) < 4.78 is 5.67. The van der Waals surface area contributed by atoms with Gasteiger partial charge in [0.2, 0.25) is 0 Å². The van der Waals surface area contributed by atoms with E-state index >= 15 is 0 Å². The lowest BCUT2D eigenvalue weighted by Crippen LogP contribution is -2.00. The second-order valence-electron chi connectivity index (χ2n) is 4.22. The molecule has 0 fully saturated rings. The van der Waals surface area contributed by atoms with Crippen LogP contribution in [0.5, 0.6) is 5.75 Å². The Bertz CT molecular complexity index is 618.